The van der Waals surface area contributed by atoms with Gasteiger partial charge in [-0.2, -0.15) is 0 Å². The Labute approximate surface area is 94.7 Å². The first-order chi connectivity index (χ1) is 7.16. The van der Waals surface area contributed by atoms with E-state index in [1.807, 2.05) is 0 Å². The molecule has 0 spiro atoms. The molecule has 0 aromatic rings. The number of piperidine rings is 1. The van der Waals surface area contributed by atoms with Gasteiger partial charge in [-0.05, 0) is 31.7 Å². The van der Waals surface area contributed by atoms with Gasteiger partial charge >= 0.3 is 0 Å². The molecule has 1 aliphatic rings. The minimum atomic E-state index is -0.367. The van der Waals surface area contributed by atoms with Gasteiger partial charge in [0.25, 0.3) is 0 Å². The molecule has 1 heterocycles. The lowest BCUT2D eigenvalue weighted by molar-refractivity contribution is -0.0693. The van der Waals surface area contributed by atoms with Gasteiger partial charge in [-0.15, -0.1) is 0 Å². The van der Waals surface area contributed by atoms with Gasteiger partial charge < -0.3 is 10.0 Å². The van der Waals surface area contributed by atoms with Crippen molar-refractivity contribution in [3.8, 4) is 0 Å². The Hall–Kier alpha value is -0.0800. The fourth-order valence-corrected chi connectivity index (χ4v) is 2.94. The lowest BCUT2D eigenvalue weighted by Crippen LogP contribution is -2.48. The van der Waals surface area contributed by atoms with Crippen LogP contribution in [0, 0.1) is 5.92 Å². The van der Waals surface area contributed by atoms with Crippen molar-refractivity contribution in [2.45, 2.75) is 58.5 Å². The standard InChI is InChI=1S/C13H27NO/c1-4-9-14-10-7-13(15,8-11-14)12(5-2)6-3/h12,15H,4-11H2,1-3H3. The van der Waals surface area contributed by atoms with Crippen LogP contribution in [-0.4, -0.2) is 35.2 Å². The van der Waals surface area contributed by atoms with E-state index in [0.29, 0.717) is 5.92 Å². The monoisotopic (exact) mass is 213 g/mol. The number of aliphatic hydroxyl groups is 1. The van der Waals surface area contributed by atoms with E-state index in [9.17, 15) is 5.11 Å². The third-order valence-electron chi connectivity index (χ3n) is 4.01. The van der Waals surface area contributed by atoms with Crippen LogP contribution in [0.1, 0.15) is 52.9 Å². The van der Waals surface area contributed by atoms with Crippen molar-refractivity contribution in [3.05, 3.63) is 0 Å². The van der Waals surface area contributed by atoms with E-state index in [4.69, 9.17) is 0 Å². The van der Waals surface area contributed by atoms with Gasteiger partial charge in [0.05, 0.1) is 5.60 Å². The molecule has 0 unspecified atom stereocenters. The lowest BCUT2D eigenvalue weighted by Gasteiger charge is -2.42. The summed E-state index contributed by atoms with van der Waals surface area (Å²) in [4.78, 5) is 2.48. The molecule has 1 saturated heterocycles. The van der Waals surface area contributed by atoms with Gasteiger partial charge in [-0.25, -0.2) is 0 Å². The molecule has 0 amide bonds. The van der Waals surface area contributed by atoms with E-state index < -0.39 is 0 Å². The van der Waals surface area contributed by atoms with Crippen molar-refractivity contribution in [1.82, 2.24) is 4.90 Å². The SMILES string of the molecule is CCCN1CCC(O)(C(CC)CC)CC1. The average molecular weight is 213 g/mol. The van der Waals surface area contributed by atoms with Gasteiger partial charge in [0, 0.05) is 13.1 Å². The smallest absolute Gasteiger partial charge is 0.0700 e. The molecule has 2 nitrogen and oxygen atoms in total. The molecule has 0 atom stereocenters. The third-order valence-corrected chi connectivity index (χ3v) is 4.01. The predicted molar refractivity (Wildman–Crippen MR) is 65.0 cm³/mol. The average Bonchev–Trinajstić information content (AvgIpc) is 2.24. The van der Waals surface area contributed by atoms with Crippen molar-refractivity contribution in [2.75, 3.05) is 19.6 Å². The zero-order valence-corrected chi connectivity index (χ0v) is 10.6. The number of likely N-dealkylation sites (tertiary alicyclic amines) is 1. The maximum atomic E-state index is 10.6. The summed E-state index contributed by atoms with van der Waals surface area (Å²) in [6.07, 6.45) is 5.39. The summed E-state index contributed by atoms with van der Waals surface area (Å²) in [5.41, 5.74) is -0.367. The van der Waals surface area contributed by atoms with E-state index in [2.05, 4.69) is 25.7 Å². The molecule has 1 N–H and O–H groups in total. The summed E-state index contributed by atoms with van der Waals surface area (Å²) >= 11 is 0. The van der Waals surface area contributed by atoms with Crippen LogP contribution in [0.15, 0.2) is 0 Å². The molecular formula is C13H27NO. The second kappa shape index (κ2) is 5.86. The first-order valence-electron chi connectivity index (χ1n) is 6.61. The third kappa shape index (κ3) is 3.18. The van der Waals surface area contributed by atoms with Crippen molar-refractivity contribution in [1.29, 1.82) is 0 Å². The van der Waals surface area contributed by atoms with Gasteiger partial charge in [-0.3, -0.25) is 0 Å². The Kier molecular flexibility index (Phi) is 5.07. The molecule has 0 aromatic heterocycles. The molecule has 2 heteroatoms. The van der Waals surface area contributed by atoms with Crippen LogP contribution in [0.25, 0.3) is 0 Å². The van der Waals surface area contributed by atoms with E-state index in [0.717, 1.165) is 38.8 Å². The van der Waals surface area contributed by atoms with E-state index in [1.54, 1.807) is 0 Å². The van der Waals surface area contributed by atoms with Gasteiger partial charge in [0.15, 0.2) is 0 Å². The molecule has 90 valence electrons. The van der Waals surface area contributed by atoms with Gasteiger partial charge in [0.1, 0.15) is 0 Å². The van der Waals surface area contributed by atoms with Crippen LogP contribution in [0.4, 0.5) is 0 Å². The summed E-state index contributed by atoms with van der Waals surface area (Å²) in [5.74, 6) is 0.501. The maximum absolute atomic E-state index is 10.6. The largest absolute Gasteiger partial charge is 0.390 e. The minimum Gasteiger partial charge on any atom is -0.390 e. The van der Waals surface area contributed by atoms with Crippen LogP contribution in [0.2, 0.25) is 0 Å². The zero-order chi connectivity index (χ0) is 11.3. The Balaban J connectivity index is 2.46. The molecular weight excluding hydrogens is 186 g/mol. The van der Waals surface area contributed by atoms with Crippen LogP contribution >= 0.6 is 0 Å². The Bertz CT molecular complexity index is 169. The highest BCUT2D eigenvalue weighted by Gasteiger charge is 2.37. The van der Waals surface area contributed by atoms with E-state index in [-0.39, 0.29) is 5.60 Å². The predicted octanol–water partition coefficient (Wildman–Crippen LogP) is 2.66. The topological polar surface area (TPSA) is 23.5 Å². The van der Waals surface area contributed by atoms with Crippen molar-refractivity contribution in [3.63, 3.8) is 0 Å². The summed E-state index contributed by atoms with van der Waals surface area (Å²) in [5, 5.41) is 10.6. The molecule has 0 aromatic carbocycles. The Morgan fingerprint density at radius 2 is 1.67 bits per heavy atom. The molecule has 1 aliphatic heterocycles. The molecule has 0 radical (unpaired) electrons. The van der Waals surface area contributed by atoms with Crippen molar-refractivity contribution in [2.24, 2.45) is 5.92 Å². The van der Waals surface area contributed by atoms with Crippen LogP contribution in [0.5, 0.6) is 0 Å². The molecule has 0 saturated carbocycles. The molecule has 0 bridgehead atoms. The number of hydrogen-bond donors (Lipinski definition) is 1. The first kappa shape index (κ1) is 13.0. The van der Waals surface area contributed by atoms with Crippen molar-refractivity contribution < 1.29 is 5.11 Å². The highest BCUT2D eigenvalue weighted by atomic mass is 16.3. The Morgan fingerprint density at radius 3 is 2.07 bits per heavy atom. The van der Waals surface area contributed by atoms with E-state index in [1.165, 1.54) is 13.0 Å². The second-order valence-corrected chi connectivity index (χ2v) is 4.96. The molecule has 15 heavy (non-hydrogen) atoms. The fraction of sp³-hybridized carbons (Fsp3) is 1.00. The summed E-state index contributed by atoms with van der Waals surface area (Å²) < 4.78 is 0. The summed E-state index contributed by atoms with van der Waals surface area (Å²) in [6.45, 7) is 9.98. The van der Waals surface area contributed by atoms with Crippen LogP contribution in [-0.2, 0) is 0 Å². The fourth-order valence-electron chi connectivity index (χ4n) is 2.94. The maximum Gasteiger partial charge on any atom is 0.0700 e. The number of nitrogens with zero attached hydrogens (tertiary/aromatic N) is 1. The van der Waals surface area contributed by atoms with Gasteiger partial charge in [-0.1, -0.05) is 33.6 Å². The second-order valence-electron chi connectivity index (χ2n) is 4.96. The normalized spacial score (nSPS) is 22.2. The number of hydrogen-bond acceptors (Lipinski definition) is 2. The molecule has 1 fully saturated rings. The number of rotatable bonds is 5. The summed E-state index contributed by atoms with van der Waals surface area (Å²) in [7, 11) is 0. The highest BCUT2D eigenvalue weighted by molar-refractivity contribution is 4.90. The molecule has 1 rings (SSSR count). The quantitative estimate of drug-likeness (QED) is 0.759. The van der Waals surface area contributed by atoms with Crippen LogP contribution < -0.4 is 0 Å². The summed E-state index contributed by atoms with van der Waals surface area (Å²) in [6, 6.07) is 0. The van der Waals surface area contributed by atoms with Crippen molar-refractivity contribution >= 4 is 0 Å². The Morgan fingerprint density at radius 1 is 1.13 bits per heavy atom. The molecule has 0 aliphatic carbocycles. The lowest BCUT2D eigenvalue weighted by atomic mass is 9.77. The van der Waals surface area contributed by atoms with Crippen LogP contribution in [0.3, 0.4) is 0 Å². The zero-order valence-electron chi connectivity index (χ0n) is 10.6. The highest BCUT2D eigenvalue weighted by Crippen LogP contribution is 2.33. The minimum absolute atomic E-state index is 0.367. The first-order valence-corrected chi connectivity index (χ1v) is 6.61. The van der Waals surface area contributed by atoms with Gasteiger partial charge in [0.2, 0.25) is 0 Å². The van der Waals surface area contributed by atoms with E-state index >= 15 is 0 Å².